The highest BCUT2D eigenvalue weighted by molar-refractivity contribution is 9.10. The van der Waals surface area contributed by atoms with Crippen LogP contribution < -0.4 is 5.32 Å². The van der Waals surface area contributed by atoms with Gasteiger partial charge in [0.15, 0.2) is 0 Å². The van der Waals surface area contributed by atoms with Gasteiger partial charge in [-0.3, -0.25) is 14.6 Å². The second-order valence-corrected chi connectivity index (χ2v) is 6.91. The predicted octanol–water partition coefficient (Wildman–Crippen LogP) is 2.79. The van der Waals surface area contributed by atoms with Crippen LogP contribution in [0.4, 0.5) is 4.39 Å². The number of carbonyl (C=O) groups excluding carboxylic acids is 1. The summed E-state index contributed by atoms with van der Waals surface area (Å²) < 4.78 is 14.7. The summed E-state index contributed by atoms with van der Waals surface area (Å²) in [6, 6.07) is 5.19. The maximum Gasteiger partial charge on any atom is 0.234 e. The zero-order valence-corrected chi connectivity index (χ0v) is 15.7. The number of nitrogens with one attached hydrogen (secondary N) is 1. The van der Waals surface area contributed by atoms with Gasteiger partial charge in [-0.2, -0.15) is 0 Å². The maximum absolute atomic E-state index is 13.9. The zero-order valence-electron chi connectivity index (χ0n) is 14.1. The Labute approximate surface area is 151 Å². The summed E-state index contributed by atoms with van der Waals surface area (Å²) in [5.74, 6) is -0.0979. The van der Waals surface area contributed by atoms with Gasteiger partial charge in [-0.05, 0) is 25.5 Å². The molecule has 0 radical (unpaired) electrons. The Hall–Kier alpha value is -1.24. The van der Waals surface area contributed by atoms with Gasteiger partial charge in [0, 0.05) is 49.3 Å². The number of hydrogen-bond acceptors (Lipinski definition) is 3. The van der Waals surface area contributed by atoms with E-state index in [1.807, 2.05) is 31.2 Å². The largest absolute Gasteiger partial charge is 0.355 e. The lowest BCUT2D eigenvalue weighted by Crippen LogP contribution is -2.49. The molecule has 1 aliphatic rings. The molecule has 132 valence electrons. The molecule has 0 unspecified atom stereocenters. The number of halogens is 2. The first-order chi connectivity index (χ1) is 11.6. The van der Waals surface area contributed by atoms with Gasteiger partial charge in [0.05, 0.1) is 6.54 Å². The third-order valence-corrected chi connectivity index (χ3v) is 4.60. The first kappa shape index (κ1) is 19.1. The molecular formula is C18H25BrFN3O. The lowest BCUT2D eigenvalue weighted by molar-refractivity contribution is -0.122. The molecule has 0 aliphatic carbocycles. The van der Waals surface area contributed by atoms with E-state index in [1.54, 1.807) is 0 Å². The fourth-order valence-electron chi connectivity index (χ4n) is 2.72. The van der Waals surface area contributed by atoms with Crippen LogP contribution in [0.5, 0.6) is 0 Å². The third kappa shape index (κ3) is 6.34. The smallest absolute Gasteiger partial charge is 0.234 e. The molecule has 1 N–H and O–H groups in total. The van der Waals surface area contributed by atoms with Crippen LogP contribution in [0.3, 0.4) is 0 Å². The number of hydrogen-bond donors (Lipinski definition) is 1. The molecular weight excluding hydrogens is 373 g/mol. The molecule has 1 saturated heterocycles. The van der Waals surface area contributed by atoms with E-state index >= 15 is 0 Å². The average molecular weight is 398 g/mol. The van der Waals surface area contributed by atoms with E-state index in [1.165, 1.54) is 6.07 Å². The molecule has 0 aromatic heterocycles. The van der Waals surface area contributed by atoms with Gasteiger partial charge in [0.1, 0.15) is 5.82 Å². The minimum atomic E-state index is -0.174. The monoisotopic (exact) mass is 397 g/mol. The van der Waals surface area contributed by atoms with Crippen molar-refractivity contribution in [2.45, 2.75) is 19.9 Å². The van der Waals surface area contributed by atoms with Crippen LogP contribution >= 0.6 is 15.9 Å². The molecule has 1 aromatic carbocycles. The van der Waals surface area contributed by atoms with E-state index in [0.717, 1.165) is 37.1 Å². The molecule has 6 heteroatoms. The zero-order chi connectivity index (χ0) is 17.4. The Morgan fingerprint density at radius 2 is 2.00 bits per heavy atom. The molecule has 0 bridgehead atoms. The molecule has 1 fully saturated rings. The number of amides is 1. The Bertz CT molecular complexity index is 571. The van der Waals surface area contributed by atoms with Gasteiger partial charge in [-0.15, -0.1) is 0 Å². The van der Waals surface area contributed by atoms with Crippen molar-refractivity contribution < 1.29 is 9.18 Å². The molecule has 0 atom stereocenters. The number of benzene rings is 1. The van der Waals surface area contributed by atoms with Crippen molar-refractivity contribution >= 4 is 21.8 Å². The van der Waals surface area contributed by atoms with Crippen LogP contribution in [0.15, 0.2) is 34.8 Å². The highest BCUT2D eigenvalue weighted by Crippen LogP contribution is 2.17. The highest BCUT2D eigenvalue weighted by atomic mass is 79.9. The molecule has 1 aromatic rings. The van der Waals surface area contributed by atoms with Crippen LogP contribution in [0.1, 0.15) is 18.9 Å². The SMILES string of the molecule is C/C=C/CCNC(=O)CN1CCN(Cc2ccc(Br)cc2F)CC1. The van der Waals surface area contributed by atoms with Gasteiger partial charge in [-0.1, -0.05) is 34.1 Å². The van der Waals surface area contributed by atoms with E-state index in [9.17, 15) is 9.18 Å². The van der Waals surface area contributed by atoms with Gasteiger partial charge >= 0.3 is 0 Å². The number of piperazine rings is 1. The summed E-state index contributed by atoms with van der Waals surface area (Å²) in [7, 11) is 0. The van der Waals surface area contributed by atoms with Crippen molar-refractivity contribution in [1.29, 1.82) is 0 Å². The number of allylic oxidation sites excluding steroid dienone is 1. The highest BCUT2D eigenvalue weighted by Gasteiger charge is 2.19. The second kappa shape index (κ2) is 9.91. The summed E-state index contributed by atoms with van der Waals surface area (Å²) in [4.78, 5) is 16.3. The van der Waals surface area contributed by atoms with E-state index in [4.69, 9.17) is 0 Å². The molecule has 1 aliphatic heterocycles. The van der Waals surface area contributed by atoms with E-state index in [2.05, 4.69) is 31.0 Å². The molecule has 0 spiro atoms. The molecule has 4 nitrogen and oxygen atoms in total. The molecule has 0 saturated carbocycles. The Kier molecular flexibility index (Phi) is 7.88. The van der Waals surface area contributed by atoms with E-state index < -0.39 is 0 Å². The number of nitrogens with zero attached hydrogens (tertiary/aromatic N) is 2. The van der Waals surface area contributed by atoms with Crippen LogP contribution in [0.25, 0.3) is 0 Å². The van der Waals surface area contributed by atoms with Crippen molar-refractivity contribution in [2.75, 3.05) is 39.3 Å². The van der Waals surface area contributed by atoms with Crippen LogP contribution in [0.2, 0.25) is 0 Å². The summed E-state index contributed by atoms with van der Waals surface area (Å²) in [5, 5.41) is 2.93. The van der Waals surface area contributed by atoms with Gasteiger partial charge in [0.2, 0.25) is 5.91 Å². The standard InChI is InChI=1S/C18H25BrFN3O/c1-2-3-4-7-21-18(24)14-23-10-8-22(9-11-23)13-15-5-6-16(19)12-17(15)20/h2-3,5-6,12H,4,7-11,13-14H2,1H3,(H,21,24)/b3-2+. The normalized spacial score (nSPS) is 16.6. The van der Waals surface area contributed by atoms with Crippen LogP contribution in [-0.4, -0.2) is 55.0 Å². The average Bonchev–Trinajstić information content (AvgIpc) is 2.56. The van der Waals surface area contributed by atoms with Crippen molar-refractivity contribution in [1.82, 2.24) is 15.1 Å². The predicted molar refractivity (Wildman–Crippen MR) is 98.3 cm³/mol. The summed E-state index contributed by atoms with van der Waals surface area (Å²) in [5.41, 5.74) is 0.716. The third-order valence-electron chi connectivity index (χ3n) is 4.11. The van der Waals surface area contributed by atoms with Crippen molar-refractivity contribution in [3.63, 3.8) is 0 Å². The molecule has 1 heterocycles. The van der Waals surface area contributed by atoms with Crippen LogP contribution in [-0.2, 0) is 11.3 Å². The van der Waals surface area contributed by atoms with Crippen LogP contribution in [0, 0.1) is 5.82 Å². The first-order valence-corrected chi connectivity index (χ1v) is 9.14. The summed E-state index contributed by atoms with van der Waals surface area (Å²) >= 11 is 3.28. The lowest BCUT2D eigenvalue weighted by atomic mass is 10.2. The van der Waals surface area contributed by atoms with Gasteiger partial charge in [0.25, 0.3) is 0 Å². The summed E-state index contributed by atoms with van der Waals surface area (Å²) in [6.07, 6.45) is 4.90. The Morgan fingerprint density at radius 3 is 2.67 bits per heavy atom. The fourth-order valence-corrected chi connectivity index (χ4v) is 3.05. The van der Waals surface area contributed by atoms with Crippen molar-refractivity contribution in [3.05, 3.63) is 46.2 Å². The summed E-state index contributed by atoms with van der Waals surface area (Å²) in [6.45, 7) is 7.08. The fraction of sp³-hybridized carbons (Fsp3) is 0.500. The first-order valence-electron chi connectivity index (χ1n) is 8.35. The topological polar surface area (TPSA) is 35.6 Å². The van der Waals surface area contributed by atoms with Gasteiger partial charge < -0.3 is 5.32 Å². The van der Waals surface area contributed by atoms with Crippen molar-refractivity contribution in [3.8, 4) is 0 Å². The second-order valence-electron chi connectivity index (χ2n) is 6.00. The molecule has 24 heavy (non-hydrogen) atoms. The van der Waals surface area contributed by atoms with Gasteiger partial charge in [-0.25, -0.2) is 4.39 Å². The minimum absolute atomic E-state index is 0.0758. The lowest BCUT2D eigenvalue weighted by Gasteiger charge is -2.34. The Morgan fingerprint density at radius 1 is 1.29 bits per heavy atom. The Balaban J connectivity index is 1.70. The number of rotatable bonds is 7. The van der Waals surface area contributed by atoms with E-state index in [0.29, 0.717) is 25.2 Å². The maximum atomic E-state index is 13.9. The van der Waals surface area contributed by atoms with E-state index in [-0.39, 0.29) is 11.7 Å². The van der Waals surface area contributed by atoms with Crippen molar-refractivity contribution in [2.24, 2.45) is 0 Å². The molecule has 2 rings (SSSR count). The minimum Gasteiger partial charge on any atom is -0.355 e. The quantitative estimate of drug-likeness (QED) is 0.567. The number of carbonyl (C=O) groups is 1. The molecule has 1 amide bonds.